The molecule has 2 N–H and O–H groups in total. The molecule has 1 aliphatic heterocycles. The molecule has 1 atom stereocenters. The molecule has 31 heavy (non-hydrogen) atoms. The average Bonchev–Trinajstić information content (AvgIpc) is 3.17. The van der Waals surface area contributed by atoms with Crippen LogP contribution in [0.1, 0.15) is 21.7 Å². The number of aryl methyl sites for hydroxylation is 1. The fourth-order valence-corrected chi connectivity index (χ4v) is 3.28. The number of ether oxygens (including phenoxy) is 1. The number of benzene rings is 2. The van der Waals surface area contributed by atoms with Gasteiger partial charge in [-0.3, -0.25) is 9.69 Å². The van der Waals surface area contributed by atoms with Crippen LogP contribution in [0.4, 0.5) is 30.6 Å². The first-order valence-electron chi connectivity index (χ1n) is 9.35. The van der Waals surface area contributed by atoms with Crippen molar-refractivity contribution < 1.29 is 32.2 Å². The fraction of sp³-hybridized carbons (Fsp3) is 0.238. The number of nitrogens with zero attached hydrogens (tertiary/aromatic N) is 2. The fourth-order valence-electron chi connectivity index (χ4n) is 3.28. The molecule has 0 bridgehead atoms. The molecule has 2 aromatic carbocycles. The van der Waals surface area contributed by atoms with Crippen molar-refractivity contribution in [3.63, 3.8) is 0 Å². The van der Waals surface area contributed by atoms with Gasteiger partial charge in [0.2, 0.25) is 0 Å². The van der Waals surface area contributed by atoms with Gasteiger partial charge in [0.25, 0.3) is 5.91 Å². The summed E-state index contributed by atoms with van der Waals surface area (Å²) in [6.45, 7) is 1.58. The largest absolute Gasteiger partial charge is 0.488 e. The predicted molar refractivity (Wildman–Crippen MR) is 106 cm³/mol. The van der Waals surface area contributed by atoms with Crippen LogP contribution in [-0.4, -0.2) is 35.3 Å². The number of fused-ring (bicyclic) bond motifs is 1. The third-order valence-corrected chi connectivity index (χ3v) is 4.78. The maximum atomic E-state index is 12.8. The molecule has 4 rings (SSSR count). The van der Waals surface area contributed by atoms with Crippen molar-refractivity contribution in [1.82, 2.24) is 4.98 Å². The summed E-state index contributed by atoms with van der Waals surface area (Å²) in [5, 5.41) is 12.3. The van der Waals surface area contributed by atoms with E-state index in [0.717, 1.165) is 12.1 Å². The predicted octanol–water partition coefficient (Wildman–Crippen LogP) is 4.15. The van der Waals surface area contributed by atoms with E-state index in [-0.39, 0.29) is 36.2 Å². The Bertz CT molecular complexity index is 1100. The molecule has 0 unspecified atom stereocenters. The number of carbonyl (C=O) groups excluding carboxylic acids is 1. The van der Waals surface area contributed by atoms with E-state index >= 15 is 0 Å². The molecule has 7 nitrogen and oxygen atoms in total. The Morgan fingerprint density at radius 1 is 1.26 bits per heavy atom. The average molecular weight is 433 g/mol. The third-order valence-electron chi connectivity index (χ3n) is 4.78. The maximum Gasteiger partial charge on any atom is 0.416 e. The molecule has 0 fully saturated rings. The second-order valence-electron chi connectivity index (χ2n) is 6.95. The highest BCUT2D eigenvalue weighted by Gasteiger charge is 2.34. The first kappa shape index (κ1) is 20.7. The quantitative estimate of drug-likeness (QED) is 0.643. The van der Waals surface area contributed by atoms with Crippen molar-refractivity contribution in [3.8, 4) is 5.75 Å². The number of para-hydroxylation sites is 1. The number of alkyl halides is 3. The highest BCUT2D eigenvalue weighted by molar-refractivity contribution is 6.07. The van der Waals surface area contributed by atoms with E-state index in [0.29, 0.717) is 11.4 Å². The number of anilines is 3. The van der Waals surface area contributed by atoms with E-state index in [1.165, 1.54) is 18.2 Å². The first-order chi connectivity index (χ1) is 14.8. The van der Waals surface area contributed by atoms with E-state index < -0.39 is 23.7 Å². The number of aliphatic hydroxyl groups is 1. The zero-order chi connectivity index (χ0) is 22.2. The van der Waals surface area contributed by atoms with Gasteiger partial charge in [-0.05, 0) is 43.3 Å². The number of hydrogen-bond acceptors (Lipinski definition) is 6. The first-order valence-corrected chi connectivity index (χ1v) is 9.35. The lowest BCUT2D eigenvalue weighted by Crippen LogP contribution is -2.43. The van der Waals surface area contributed by atoms with Gasteiger partial charge in [-0.2, -0.15) is 13.2 Å². The van der Waals surface area contributed by atoms with E-state index in [2.05, 4.69) is 10.3 Å². The van der Waals surface area contributed by atoms with Crippen LogP contribution in [0.15, 0.2) is 53.1 Å². The Balaban J connectivity index is 1.64. The Kier molecular flexibility index (Phi) is 5.32. The summed E-state index contributed by atoms with van der Waals surface area (Å²) in [7, 11) is 0. The van der Waals surface area contributed by atoms with Crippen molar-refractivity contribution in [2.24, 2.45) is 0 Å². The Morgan fingerprint density at radius 2 is 2.00 bits per heavy atom. The molecule has 2 heterocycles. The van der Waals surface area contributed by atoms with Crippen LogP contribution in [0.3, 0.4) is 0 Å². The van der Waals surface area contributed by atoms with E-state index in [1.54, 1.807) is 30.2 Å². The number of carbonyl (C=O) groups is 1. The van der Waals surface area contributed by atoms with E-state index in [9.17, 15) is 23.1 Å². The standard InChI is InChI=1S/C21H18F3N3O4/c1-12-9-25-20(31-12)27-15(10-28)11-30-18-16(3-2-4-17(18)27)19(29)26-14-7-5-13(6-8-14)21(22,23)24/h2-9,15,28H,10-11H2,1H3,(H,26,29)/t15-/m0/s1. The topological polar surface area (TPSA) is 87.8 Å². The van der Waals surface area contributed by atoms with Gasteiger partial charge in [0, 0.05) is 5.69 Å². The summed E-state index contributed by atoms with van der Waals surface area (Å²) in [6.07, 6.45) is -2.92. The van der Waals surface area contributed by atoms with Crippen molar-refractivity contribution >= 4 is 23.3 Å². The summed E-state index contributed by atoms with van der Waals surface area (Å²) < 4.78 is 49.6. The van der Waals surface area contributed by atoms with Crippen LogP contribution in [0, 0.1) is 6.92 Å². The van der Waals surface area contributed by atoms with Crippen molar-refractivity contribution in [1.29, 1.82) is 0 Å². The number of amides is 1. The highest BCUT2D eigenvalue weighted by Crippen LogP contribution is 2.41. The Morgan fingerprint density at radius 3 is 2.61 bits per heavy atom. The number of halogens is 3. The SMILES string of the molecule is Cc1cnc(N2c3cccc(C(=O)Nc4ccc(C(F)(F)F)cc4)c3OC[C@@H]2CO)o1. The molecule has 0 aliphatic carbocycles. The van der Waals surface area contributed by atoms with Crippen LogP contribution in [0.5, 0.6) is 5.75 Å². The number of aromatic nitrogens is 1. The van der Waals surface area contributed by atoms with Crippen LogP contribution in [0.2, 0.25) is 0 Å². The molecule has 10 heteroatoms. The second-order valence-corrected chi connectivity index (χ2v) is 6.95. The molecule has 0 radical (unpaired) electrons. The minimum Gasteiger partial charge on any atom is -0.488 e. The lowest BCUT2D eigenvalue weighted by atomic mass is 10.1. The molecule has 3 aromatic rings. The maximum absolute atomic E-state index is 12.8. The zero-order valence-electron chi connectivity index (χ0n) is 16.3. The van der Waals surface area contributed by atoms with Crippen molar-refractivity contribution in [2.45, 2.75) is 19.1 Å². The molecule has 0 saturated carbocycles. The van der Waals surface area contributed by atoms with Gasteiger partial charge in [0.15, 0.2) is 5.75 Å². The van der Waals surface area contributed by atoms with Gasteiger partial charge in [-0.15, -0.1) is 0 Å². The van der Waals surface area contributed by atoms with E-state index in [4.69, 9.17) is 9.15 Å². The van der Waals surface area contributed by atoms with Gasteiger partial charge in [-0.25, -0.2) is 4.98 Å². The third kappa shape index (κ3) is 4.06. The lowest BCUT2D eigenvalue weighted by molar-refractivity contribution is -0.137. The smallest absolute Gasteiger partial charge is 0.416 e. The van der Waals surface area contributed by atoms with Gasteiger partial charge >= 0.3 is 12.2 Å². The Labute approximate surface area is 175 Å². The van der Waals surface area contributed by atoms with Crippen LogP contribution < -0.4 is 15.0 Å². The number of nitrogens with one attached hydrogen (secondary N) is 1. The molecule has 1 amide bonds. The van der Waals surface area contributed by atoms with Crippen molar-refractivity contribution in [3.05, 3.63) is 65.5 Å². The van der Waals surface area contributed by atoms with Crippen LogP contribution in [-0.2, 0) is 6.18 Å². The second kappa shape index (κ2) is 7.95. The molecule has 1 aliphatic rings. The number of oxazole rings is 1. The van der Waals surface area contributed by atoms with E-state index in [1.807, 2.05) is 0 Å². The molecule has 162 valence electrons. The van der Waals surface area contributed by atoms with Crippen LogP contribution in [0.25, 0.3) is 0 Å². The number of rotatable bonds is 4. The summed E-state index contributed by atoms with van der Waals surface area (Å²) >= 11 is 0. The minimum atomic E-state index is -4.46. The number of aliphatic hydroxyl groups excluding tert-OH is 1. The zero-order valence-corrected chi connectivity index (χ0v) is 16.3. The molecule has 0 spiro atoms. The minimum absolute atomic E-state index is 0.0789. The highest BCUT2D eigenvalue weighted by atomic mass is 19.4. The number of hydrogen-bond donors (Lipinski definition) is 2. The molecule has 0 saturated heterocycles. The summed E-state index contributed by atoms with van der Waals surface area (Å²) in [4.78, 5) is 18.7. The lowest BCUT2D eigenvalue weighted by Gasteiger charge is -2.35. The Hall–Kier alpha value is -3.53. The van der Waals surface area contributed by atoms with Gasteiger partial charge < -0.3 is 19.6 Å². The van der Waals surface area contributed by atoms with Crippen LogP contribution >= 0.6 is 0 Å². The van der Waals surface area contributed by atoms with Gasteiger partial charge in [0.05, 0.1) is 35.7 Å². The molecular formula is C21H18F3N3O4. The molecular weight excluding hydrogens is 415 g/mol. The van der Waals surface area contributed by atoms with Crippen molar-refractivity contribution in [2.75, 3.05) is 23.4 Å². The summed E-state index contributed by atoms with van der Waals surface area (Å²) in [5.41, 5.74) is 0.0620. The normalized spacial score (nSPS) is 15.9. The van der Waals surface area contributed by atoms with Gasteiger partial charge in [0.1, 0.15) is 12.4 Å². The summed E-state index contributed by atoms with van der Waals surface area (Å²) in [6, 6.07) is 8.80. The molecule has 1 aromatic heterocycles. The monoisotopic (exact) mass is 433 g/mol. The van der Waals surface area contributed by atoms with Gasteiger partial charge in [-0.1, -0.05) is 6.07 Å². The summed E-state index contributed by atoms with van der Waals surface area (Å²) in [5.74, 6) is 0.283.